The van der Waals surface area contributed by atoms with Crippen molar-refractivity contribution in [3.63, 3.8) is 0 Å². The Morgan fingerprint density at radius 3 is 1.30 bits per heavy atom. The zero-order valence-corrected chi connectivity index (χ0v) is 38.9. The van der Waals surface area contributed by atoms with Crippen molar-refractivity contribution < 1.29 is 38.2 Å². The summed E-state index contributed by atoms with van der Waals surface area (Å²) in [5.74, 6) is -1.51. The molecule has 0 saturated heterocycles. The number of rotatable bonds is 41. The molecule has 2 atom stereocenters. The standard InChI is InChI=1S/C52H87NO7/c1-6-8-10-12-14-16-18-20-22-24-25-27-29-31-33-35-37-39-41-43-51(55)60-48(46-58-45-44-49(52(56)57)53(3,4)5)47-59-50(54)42-40-38-36-34-32-30-28-26-23-21-19-17-15-13-11-9-7-2/h8-11,14-17,20-23,25,27,48-49H,6-7,12-13,18-19,24,26,28-47H2,1-5H3/p+1/b10-8-,11-9-,16-14-,17-15-,22-20-,23-21-,27-25-. The van der Waals surface area contributed by atoms with E-state index >= 15 is 0 Å². The quantitative estimate of drug-likeness (QED) is 0.0283. The van der Waals surface area contributed by atoms with Crippen molar-refractivity contribution in [3.05, 3.63) is 85.1 Å². The topological polar surface area (TPSA) is 99.1 Å². The molecule has 0 aliphatic carbocycles. The van der Waals surface area contributed by atoms with Gasteiger partial charge in [-0.15, -0.1) is 0 Å². The van der Waals surface area contributed by atoms with Crippen molar-refractivity contribution in [2.45, 2.75) is 187 Å². The molecule has 0 radical (unpaired) electrons. The van der Waals surface area contributed by atoms with Gasteiger partial charge < -0.3 is 23.8 Å². The second-order valence-corrected chi connectivity index (χ2v) is 16.6. The fourth-order valence-corrected chi connectivity index (χ4v) is 6.45. The molecule has 2 unspecified atom stereocenters. The first-order chi connectivity index (χ1) is 29.1. The third-order valence-electron chi connectivity index (χ3n) is 10.0. The van der Waals surface area contributed by atoms with Gasteiger partial charge in [0.2, 0.25) is 0 Å². The van der Waals surface area contributed by atoms with E-state index in [1.807, 2.05) is 21.1 Å². The Labute approximate surface area is 367 Å². The Balaban J connectivity index is 4.36. The van der Waals surface area contributed by atoms with E-state index in [-0.39, 0.29) is 36.2 Å². The van der Waals surface area contributed by atoms with Crippen LogP contribution in [0.5, 0.6) is 0 Å². The molecule has 0 spiro atoms. The number of likely N-dealkylation sites (N-methyl/N-ethyl adjacent to an activating group) is 1. The van der Waals surface area contributed by atoms with Crippen molar-refractivity contribution in [2.24, 2.45) is 0 Å². The second-order valence-electron chi connectivity index (χ2n) is 16.6. The summed E-state index contributed by atoms with van der Waals surface area (Å²) in [6, 6.07) is -0.624. The molecule has 60 heavy (non-hydrogen) atoms. The predicted molar refractivity (Wildman–Crippen MR) is 252 cm³/mol. The summed E-state index contributed by atoms with van der Waals surface area (Å²) in [7, 11) is 5.51. The van der Waals surface area contributed by atoms with E-state index in [1.165, 1.54) is 38.5 Å². The molecule has 342 valence electrons. The Morgan fingerprint density at radius 2 is 0.883 bits per heavy atom. The molecule has 0 aliphatic rings. The van der Waals surface area contributed by atoms with Gasteiger partial charge in [0.1, 0.15) is 6.61 Å². The molecule has 0 amide bonds. The summed E-state index contributed by atoms with van der Waals surface area (Å²) in [6.07, 6.45) is 54.8. The summed E-state index contributed by atoms with van der Waals surface area (Å²) >= 11 is 0. The summed E-state index contributed by atoms with van der Waals surface area (Å²) in [5.41, 5.74) is 0. The summed E-state index contributed by atoms with van der Waals surface area (Å²) in [5, 5.41) is 9.64. The number of unbranched alkanes of at least 4 members (excludes halogenated alkanes) is 13. The van der Waals surface area contributed by atoms with Crippen molar-refractivity contribution in [2.75, 3.05) is 41.0 Å². The largest absolute Gasteiger partial charge is 0.477 e. The first-order valence-electron chi connectivity index (χ1n) is 23.6. The van der Waals surface area contributed by atoms with E-state index in [2.05, 4.69) is 98.9 Å². The SMILES string of the molecule is CC/C=C\C/C=C\C/C=C\C/C=C\CCCCCCCCC(=O)OC(COCCC(C(=O)O)[N+](C)(C)C)COC(=O)CCCCCCCCC/C=C\C/C=C\C/C=C\CC. The molecule has 0 aromatic carbocycles. The van der Waals surface area contributed by atoms with E-state index in [4.69, 9.17) is 14.2 Å². The lowest BCUT2D eigenvalue weighted by Crippen LogP contribution is -2.50. The number of quaternary nitrogens is 1. The van der Waals surface area contributed by atoms with Crippen LogP contribution in [0.1, 0.15) is 174 Å². The number of carboxylic acid groups (broad SMARTS) is 1. The molecule has 1 N–H and O–H groups in total. The number of carbonyl (C=O) groups is 3. The van der Waals surface area contributed by atoms with Crippen LogP contribution in [0.4, 0.5) is 0 Å². The zero-order valence-electron chi connectivity index (χ0n) is 38.9. The first-order valence-corrected chi connectivity index (χ1v) is 23.6. The first kappa shape index (κ1) is 56.5. The average molecular weight is 839 g/mol. The Hall–Kier alpha value is -3.49. The molecule has 0 bridgehead atoms. The van der Waals surface area contributed by atoms with Gasteiger partial charge in [-0.05, 0) is 83.5 Å². The van der Waals surface area contributed by atoms with Crippen LogP contribution in [0.2, 0.25) is 0 Å². The molecule has 0 heterocycles. The lowest BCUT2D eigenvalue weighted by Gasteiger charge is -2.31. The maximum atomic E-state index is 12.8. The van der Waals surface area contributed by atoms with E-state index in [9.17, 15) is 19.5 Å². The van der Waals surface area contributed by atoms with Gasteiger partial charge in [0.15, 0.2) is 12.1 Å². The van der Waals surface area contributed by atoms with Crippen LogP contribution in [0.25, 0.3) is 0 Å². The van der Waals surface area contributed by atoms with Crippen molar-refractivity contribution >= 4 is 17.9 Å². The van der Waals surface area contributed by atoms with Crippen molar-refractivity contribution in [3.8, 4) is 0 Å². The number of carbonyl (C=O) groups excluding carboxylic acids is 2. The Bertz CT molecular complexity index is 1250. The minimum Gasteiger partial charge on any atom is -0.477 e. The number of carboxylic acids is 1. The number of ether oxygens (including phenoxy) is 3. The van der Waals surface area contributed by atoms with E-state index < -0.39 is 18.1 Å². The molecule has 0 aromatic heterocycles. The molecule has 0 rings (SSSR count). The summed E-state index contributed by atoms with van der Waals surface area (Å²) in [4.78, 5) is 37.1. The van der Waals surface area contributed by atoms with Crippen molar-refractivity contribution in [1.82, 2.24) is 0 Å². The molecule has 0 fully saturated rings. The third kappa shape index (κ3) is 39.9. The van der Waals surface area contributed by atoms with Gasteiger partial charge in [-0.1, -0.05) is 157 Å². The van der Waals surface area contributed by atoms with Gasteiger partial charge >= 0.3 is 17.9 Å². The third-order valence-corrected chi connectivity index (χ3v) is 10.0. The predicted octanol–water partition coefficient (Wildman–Crippen LogP) is 13.3. The lowest BCUT2D eigenvalue weighted by atomic mass is 10.1. The van der Waals surface area contributed by atoms with Crippen LogP contribution in [-0.4, -0.2) is 80.6 Å². The molecule has 0 saturated carbocycles. The summed E-state index contributed by atoms with van der Waals surface area (Å²) < 4.78 is 17.3. The smallest absolute Gasteiger partial charge is 0.362 e. The number of hydrogen-bond acceptors (Lipinski definition) is 6. The van der Waals surface area contributed by atoms with E-state index in [1.54, 1.807) is 0 Å². The highest BCUT2D eigenvalue weighted by molar-refractivity contribution is 5.72. The second kappa shape index (κ2) is 42.2. The van der Waals surface area contributed by atoms with Crippen molar-refractivity contribution in [1.29, 1.82) is 0 Å². The maximum Gasteiger partial charge on any atom is 0.362 e. The van der Waals surface area contributed by atoms with Crippen LogP contribution in [0, 0.1) is 0 Å². The highest BCUT2D eigenvalue weighted by Gasteiger charge is 2.31. The molecule has 8 heteroatoms. The molecular weight excluding hydrogens is 751 g/mol. The minimum absolute atomic E-state index is 0.0472. The highest BCUT2D eigenvalue weighted by Crippen LogP contribution is 2.14. The fourth-order valence-electron chi connectivity index (χ4n) is 6.45. The van der Waals surface area contributed by atoms with Crippen LogP contribution in [-0.2, 0) is 28.6 Å². The van der Waals surface area contributed by atoms with Crippen LogP contribution in [0.15, 0.2) is 85.1 Å². The molecular formula is C52H88NO7+. The number of nitrogens with zero attached hydrogens (tertiary/aromatic N) is 1. The van der Waals surface area contributed by atoms with Gasteiger partial charge in [-0.25, -0.2) is 4.79 Å². The van der Waals surface area contributed by atoms with Gasteiger partial charge in [0.25, 0.3) is 0 Å². The van der Waals surface area contributed by atoms with Gasteiger partial charge in [-0.3, -0.25) is 9.59 Å². The number of esters is 2. The zero-order chi connectivity index (χ0) is 44.2. The number of aliphatic carboxylic acids is 1. The monoisotopic (exact) mass is 839 g/mol. The van der Waals surface area contributed by atoms with E-state index in [0.717, 1.165) is 103 Å². The molecule has 0 aliphatic heterocycles. The molecule has 8 nitrogen and oxygen atoms in total. The van der Waals surface area contributed by atoms with Crippen LogP contribution in [0.3, 0.4) is 0 Å². The lowest BCUT2D eigenvalue weighted by molar-refractivity contribution is -0.887. The highest BCUT2D eigenvalue weighted by atomic mass is 16.6. The Morgan fingerprint density at radius 1 is 0.500 bits per heavy atom. The summed E-state index contributed by atoms with van der Waals surface area (Å²) in [6.45, 7) is 4.48. The van der Waals surface area contributed by atoms with Crippen LogP contribution < -0.4 is 0 Å². The Kier molecular flexibility index (Phi) is 39.8. The van der Waals surface area contributed by atoms with E-state index in [0.29, 0.717) is 19.3 Å². The molecule has 0 aromatic rings. The van der Waals surface area contributed by atoms with Gasteiger partial charge in [0, 0.05) is 19.3 Å². The number of allylic oxidation sites excluding steroid dienone is 14. The maximum absolute atomic E-state index is 12.8. The average Bonchev–Trinajstić information content (AvgIpc) is 3.21. The van der Waals surface area contributed by atoms with Crippen LogP contribution >= 0.6 is 0 Å². The minimum atomic E-state index is -0.882. The fraction of sp³-hybridized carbons (Fsp3) is 0.673. The number of hydrogen-bond donors (Lipinski definition) is 1. The van der Waals surface area contributed by atoms with Gasteiger partial charge in [0.05, 0.1) is 34.4 Å². The van der Waals surface area contributed by atoms with Gasteiger partial charge in [-0.2, -0.15) is 0 Å². The normalized spacial score (nSPS) is 13.7.